The molecule has 0 amide bonds. The van der Waals surface area contributed by atoms with Crippen LogP contribution in [-0.4, -0.2) is 34.5 Å². The van der Waals surface area contributed by atoms with E-state index in [1.807, 2.05) is 121 Å². The molecule has 0 aliphatic heterocycles. The predicted octanol–water partition coefficient (Wildman–Crippen LogP) is 12.2. The molecule has 12 rings (SSSR count). The van der Waals surface area contributed by atoms with Gasteiger partial charge in [-0.25, -0.2) is 29.9 Å². The average molecular weight is 794 g/mol. The molecule has 7 heteroatoms. The molecule has 3 heterocycles. The summed E-state index contributed by atoms with van der Waals surface area (Å²) in [6.45, 7) is 0. The van der Waals surface area contributed by atoms with E-state index >= 15 is 0 Å². The van der Waals surface area contributed by atoms with Crippen molar-refractivity contribution in [2.24, 2.45) is 0 Å². The standard InChI is InChI=1S/C55H35N7/c1-6-20-36(21-7-1)49-56-50(37-22-8-2-9-23-37)59-53(58-49)55(54-60-51(38-24-10-3-11-25-38)57-52(61-54)39-26-12-4-13-27-39)45-32-18-16-30-41(45)43-34-44-42-31-17-19-33-47(42)62(48(44)35-46(43)55)40-28-14-5-15-29-40/h1-35H. The maximum absolute atomic E-state index is 5.54. The summed E-state index contributed by atoms with van der Waals surface area (Å²) in [6.07, 6.45) is 0. The predicted molar refractivity (Wildman–Crippen MR) is 247 cm³/mol. The molecule has 7 nitrogen and oxygen atoms in total. The topological polar surface area (TPSA) is 82.3 Å². The Morgan fingerprint density at radius 2 is 0.726 bits per heavy atom. The largest absolute Gasteiger partial charge is 0.309 e. The quantitative estimate of drug-likeness (QED) is 0.160. The summed E-state index contributed by atoms with van der Waals surface area (Å²) in [5, 5.41) is 2.31. The van der Waals surface area contributed by atoms with Gasteiger partial charge in [-0.3, -0.25) is 0 Å². The van der Waals surface area contributed by atoms with Crippen molar-refractivity contribution in [1.82, 2.24) is 34.5 Å². The van der Waals surface area contributed by atoms with Crippen molar-refractivity contribution in [2.75, 3.05) is 0 Å². The zero-order valence-corrected chi connectivity index (χ0v) is 33.3. The van der Waals surface area contributed by atoms with Gasteiger partial charge in [-0.05, 0) is 52.6 Å². The molecule has 0 bridgehead atoms. The lowest BCUT2D eigenvalue weighted by atomic mass is 9.75. The molecule has 62 heavy (non-hydrogen) atoms. The van der Waals surface area contributed by atoms with Crippen LogP contribution in [0.15, 0.2) is 212 Å². The van der Waals surface area contributed by atoms with Crippen LogP contribution in [0.2, 0.25) is 0 Å². The normalized spacial score (nSPS) is 12.6. The van der Waals surface area contributed by atoms with Crippen molar-refractivity contribution in [3.8, 4) is 62.4 Å². The van der Waals surface area contributed by atoms with Crippen LogP contribution in [0.3, 0.4) is 0 Å². The molecule has 0 fully saturated rings. The van der Waals surface area contributed by atoms with Gasteiger partial charge < -0.3 is 4.57 Å². The highest BCUT2D eigenvalue weighted by atomic mass is 15.1. The van der Waals surface area contributed by atoms with Gasteiger partial charge in [-0.2, -0.15) is 0 Å². The van der Waals surface area contributed by atoms with Crippen molar-refractivity contribution in [1.29, 1.82) is 0 Å². The SMILES string of the molecule is c1ccc(-c2nc(-c3ccccc3)nc(C3(c4nc(-c5ccccc5)nc(-c5ccccc5)n4)c4ccccc4-c4cc5c6ccccc6n(-c6ccccc6)c5cc43)n2)cc1. The van der Waals surface area contributed by atoms with Crippen molar-refractivity contribution >= 4 is 21.8 Å². The Bertz CT molecular complexity index is 3200. The fourth-order valence-electron chi connectivity index (χ4n) is 9.13. The minimum atomic E-state index is -1.25. The monoisotopic (exact) mass is 793 g/mol. The Balaban J connectivity index is 1.28. The van der Waals surface area contributed by atoms with E-state index in [-0.39, 0.29) is 0 Å². The molecule has 1 aliphatic rings. The van der Waals surface area contributed by atoms with E-state index in [1.165, 1.54) is 5.39 Å². The van der Waals surface area contributed by atoms with E-state index in [4.69, 9.17) is 29.9 Å². The maximum atomic E-state index is 5.54. The fourth-order valence-corrected chi connectivity index (χ4v) is 9.13. The van der Waals surface area contributed by atoms with Gasteiger partial charge >= 0.3 is 0 Å². The summed E-state index contributed by atoms with van der Waals surface area (Å²) in [6, 6.07) is 73.0. The van der Waals surface area contributed by atoms with Gasteiger partial charge in [0, 0.05) is 38.7 Å². The molecule has 8 aromatic carbocycles. The highest BCUT2D eigenvalue weighted by molar-refractivity contribution is 6.12. The number of hydrogen-bond acceptors (Lipinski definition) is 6. The maximum Gasteiger partial charge on any atom is 0.163 e. The van der Waals surface area contributed by atoms with E-state index < -0.39 is 5.41 Å². The van der Waals surface area contributed by atoms with Crippen LogP contribution < -0.4 is 0 Å². The molecular formula is C55H35N7. The lowest BCUT2D eigenvalue weighted by Crippen LogP contribution is -2.34. The first-order valence-electron chi connectivity index (χ1n) is 20.7. The van der Waals surface area contributed by atoms with Crippen molar-refractivity contribution < 1.29 is 0 Å². The molecule has 0 saturated carbocycles. The summed E-state index contributed by atoms with van der Waals surface area (Å²) in [4.78, 5) is 32.5. The van der Waals surface area contributed by atoms with Crippen LogP contribution >= 0.6 is 0 Å². The lowest BCUT2D eigenvalue weighted by molar-refractivity contribution is 0.640. The Morgan fingerprint density at radius 1 is 0.306 bits per heavy atom. The van der Waals surface area contributed by atoms with E-state index in [1.54, 1.807) is 0 Å². The van der Waals surface area contributed by atoms with Gasteiger partial charge in [-0.1, -0.05) is 182 Å². The van der Waals surface area contributed by atoms with Gasteiger partial charge in [0.25, 0.3) is 0 Å². The number of para-hydroxylation sites is 2. The first-order chi connectivity index (χ1) is 30.7. The average Bonchev–Trinajstić information content (AvgIpc) is 3.84. The van der Waals surface area contributed by atoms with Gasteiger partial charge in [0.15, 0.2) is 34.9 Å². The number of hydrogen-bond donors (Lipinski definition) is 0. The summed E-state index contributed by atoms with van der Waals surface area (Å²) >= 11 is 0. The van der Waals surface area contributed by atoms with Crippen LogP contribution in [-0.2, 0) is 5.41 Å². The Labute approximate surface area is 357 Å². The number of fused-ring (bicyclic) bond motifs is 6. The summed E-state index contributed by atoms with van der Waals surface area (Å²) in [5.41, 5.74) is 9.57. The van der Waals surface area contributed by atoms with E-state index in [0.29, 0.717) is 34.9 Å². The molecule has 0 radical (unpaired) electrons. The van der Waals surface area contributed by atoms with Crippen LogP contribution in [0.25, 0.3) is 84.2 Å². The third kappa shape index (κ3) is 5.59. The summed E-state index contributed by atoms with van der Waals surface area (Å²) in [7, 11) is 0. The minimum absolute atomic E-state index is 0.516. The first-order valence-corrected chi connectivity index (χ1v) is 20.7. The molecule has 1 aliphatic carbocycles. The van der Waals surface area contributed by atoms with E-state index in [0.717, 1.165) is 66.6 Å². The lowest BCUT2D eigenvalue weighted by Gasteiger charge is -2.30. The van der Waals surface area contributed by atoms with Crippen LogP contribution in [0.4, 0.5) is 0 Å². The van der Waals surface area contributed by atoms with E-state index in [2.05, 4.69) is 95.6 Å². The summed E-state index contributed by atoms with van der Waals surface area (Å²) < 4.78 is 2.36. The Kier molecular flexibility index (Phi) is 8.25. The molecular weight excluding hydrogens is 759 g/mol. The molecule has 290 valence electrons. The van der Waals surface area contributed by atoms with E-state index in [9.17, 15) is 0 Å². The second kappa shape index (κ2) is 14.4. The molecule has 0 spiro atoms. The minimum Gasteiger partial charge on any atom is -0.309 e. The fraction of sp³-hybridized carbons (Fsp3) is 0.0182. The highest BCUT2D eigenvalue weighted by Gasteiger charge is 2.52. The van der Waals surface area contributed by atoms with Gasteiger partial charge in [0.1, 0.15) is 5.41 Å². The molecule has 0 N–H and O–H groups in total. The zero-order chi connectivity index (χ0) is 41.0. The second-order valence-electron chi connectivity index (χ2n) is 15.5. The van der Waals surface area contributed by atoms with Gasteiger partial charge in [0.05, 0.1) is 11.0 Å². The van der Waals surface area contributed by atoms with Crippen LogP contribution in [0, 0.1) is 0 Å². The highest BCUT2D eigenvalue weighted by Crippen LogP contribution is 2.56. The molecule has 0 saturated heterocycles. The third-order valence-electron chi connectivity index (χ3n) is 11.9. The number of benzene rings is 8. The van der Waals surface area contributed by atoms with Gasteiger partial charge in [0.2, 0.25) is 0 Å². The van der Waals surface area contributed by atoms with Crippen molar-refractivity contribution in [2.45, 2.75) is 5.41 Å². The number of rotatable bonds is 7. The zero-order valence-electron chi connectivity index (χ0n) is 33.3. The van der Waals surface area contributed by atoms with Crippen LogP contribution in [0.5, 0.6) is 0 Å². The molecule has 3 aromatic heterocycles. The van der Waals surface area contributed by atoms with Crippen LogP contribution in [0.1, 0.15) is 22.8 Å². The number of nitrogens with zero attached hydrogens (tertiary/aromatic N) is 7. The smallest absolute Gasteiger partial charge is 0.163 e. The third-order valence-corrected chi connectivity index (χ3v) is 11.9. The van der Waals surface area contributed by atoms with Crippen molar-refractivity contribution in [3.05, 3.63) is 235 Å². The summed E-state index contributed by atoms with van der Waals surface area (Å²) in [5.74, 6) is 3.25. The van der Waals surface area contributed by atoms with Gasteiger partial charge in [-0.15, -0.1) is 0 Å². The molecule has 11 aromatic rings. The molecule has 0 atom stereocenters. The second-order valence-corrected chi connectivity index (χ2v) is 15.5. The Morgan fingerprint density at radius 3 is 1.23 bits per heavy atom. The Hall–Kier alpha value is -8.42. The first kappa shape index (κ1) is 35.5. The molecule has 0 unspecified atom stereocenters. The number of aromatic nitrogens is 7. The van der Waals surface area contributed by atoms with Crippen molar-refractivity contribution in [3.63, 3.8) is 0 Å².